The Morgan fingerprint density at radius 1 is 1.42 bits per heavy atom. The minimum atomic E-state index is -2.93. The molecule has 0 saturated carbocycles. The summed E-state index contributed by atoms with van der Waals surface area (Å²) in [5.74, 6) is -2.54. The third-order valence-corrected chi connectivity index (χ3v) is 1.65. The van der Waals surface area contributed by atoms with E-state index in [1.807, 2.05) is 0 Å². The Morgan fingerprint density at radius 2 is 2.08 bits per heavy atom. The summed E-state index contributed by atoms with van der Waals surface area (Å²) >= 11 is 0. The van der Waals surface area contributed by atoms with Crippen LogP contribution in [0.25, 0.3) is 0 Å². The molecule has 0 aromatic rings. The van der Waals surface area contributed by atoms with E-state index in [0.29, 0.717) is 5.76 Å². The smallest absolute Gasteiger partial charge is 0.296 e. The third kappa shape index (κ3) is 1.64. The molecular weight excluding hydrogens is 166 g/mol. The van der Waals surface area contributed by atoms with Gasteiger partial charge in [-0.25, -0.2) is 0 Å². The fourth-order valence-corrected chi connectivity index (χ4v) is 0.965. The molecule has 0 amide bonds. The van der Waals surface area contributed by atoms with Crippen molar-refractivity contribution in [3.63, 3.8) is 0 Å². The summed E-state index contributed by atoms with van der Waals surface area (Å²) < 4.78 is 35.1. The highest BCUT2D eigenvalue weighted by Gasteiger charge is 2.38. The molecule has 1 rings (SSSR count). The lowest BCUT2D eigenvalue weighted by Gasteiger charge is -2.23. The molecule has 0 bridgehead atoms. The maximum absolute atomic E-state index is 12.9. The van der Waals surface area contributed by atoms with E-state index < -0.39 is 12.0 Å². The van der Waals surface area contributed by atoms with E-state index in [9.17, 15) is 8.78 Å². The van der Waals surface area contributed by atoms with Crippen LogP contribution in [0.1, 0.15) is 0 Å². The highest BCUT2D eigenvalue weighted by molar-refractivity contribution is 5.25. The Morgan fingerprint density at radius 3 is 2.58 bits per heavy atom. The van der Waals surface area contributed by atoms with Crippen LogP contribution >= 0.6 is 0 Å². The molecule has 0 heterocycles. The van der Waals surface area contributed by atoms with Gasteiger partial charge in [-0.15, -0.1) is 0 Å². The summed E-state index contributed by atoms with van der Waals surface area (Å²) in [4.78, 5) is 0. The van der Waals surface area contributed by atoms with Gasteiger partial charge in [-0.05, 0) is 18.2 Å². The van der Waals surface area contributed by atoms with Crippen molar-refractivity contribution in [1.29, 1.82) is 0 Å². The number of hydrogen-bond acceptors (Lipinski definition) is 2. The molecule has 0 radical (unpaired) electrons. The minimum absolute atomic E-state index is 0.396. The highest BCUT2D eigenvalue weighted by Crippen LogP contribution is 2.28. The summed E-state index contributed by atoms with van der Waals surface area (Å²) in [7, 11) is 2.66. The Kier molecular flexibility index (Phi) is 2.47. The SMILES string of the molecule is COC1=CC(OC)C(F)(F)C=C1. The maximum Gasteiger partial charge on any atom is 0.296 e. The second kappa shape index (κ2) is 3.23. The van der Waals surface area contributed by atoms with Gasteiger partial charge in [0.15, 0.2) is 0 Å². The van der Waals surface area contributed by atoms with Gasteiger partial charge >= 0.3 is 0 Å². The number of rotatable bonds is 2. The van der Waals surface area contributed by atoms with Gasteiger partial charge < -0.3 is 9.47 Å². The first-order chi connectivity index (χ1) is 5.60. The summed E-state index contributed by atoms with van der Waals surface area (Å²) in [6.07, 6.45) is 2.03. The molecule has 68 valence electrons. The molecule has 0 aliphatic heterocycles. The highest BCUT2D eigenvalue weighted by atomic mass is 19.3. The molecule has 0 saturated heterocycles. The molecule has 4 heteroatoms. The maximum atomic E-state index is 12.9. The molecule has 12 heavy (non-hydrogen) atoms. The minimum Gasteiger partial charge on any atom is -0.497 e. The fourth-order valence-electron chi connectivity index (χ4n) is 0.965. The zero-order valence-electron chi connectivity index (χ0n) is 6.88. The Hall–Kier alpha value is -0.900. The second-order valence-electron chi connectivity index (χ2n) is 2.44. The summed E-state index contributed by atoms with van der Waals surface area (Å²) in [5, 5.41) is 0. The molecule has 0 spiro atoms. The summed E-state index contributed by atoms with van der Waals surface area (Å²) in [5.41, 5.74) is 0. The van der Waals surface area contributed by atoms with Crippen molar-refractivity contribution in [3.05, 3.63) is 24.0 Å². The summed E-state index contributed by atoms with van der Waals surface area (Å²) in [6.45, 7) is 0. The molecule has 0 aromatic carbocycles. The molecule has 1 aliphatic rings. The van der Waals surface area contributed by atoms with Crippen molar-refractivity contribution in [2.24, 2.45) is 0 Å². The lowest BCUT2D eigenvalue weighted by Crippen LogP contribution is -2.33. The molecule has 0 fully saturated rings. The number of allylic oxidation sites excluding steroid dienone is 1. The van der Waals surface area contributed by atoms with Crippen LogP contribution < -0.4 is 0 Å². The van der Waals surface area contributed by atoms with Crippen molar-refractivity contribution < 1.29 is 18.3 Å². The van der Waals surface area contributed by atoms with E-state index >= 15 is 0 Å². The summed E-state index contributed by atoms with van der Waals surface area (Å²) in [6, 6.07) is 0. The molecule has 1 aliphatic carbocycles. The van der Waals surface area contributed by atoms with Gasteiger partial charge in [-0.1, -0.05) is 0 Å². The van der Waals surface area contributed by atoms with Crippen LogP contribution in [-0.4, -0.2) is 26.2 Å². The van der Waals surface area contributed by atoms with Crippen LogP contribution in [0.4, 0.5) is 8.78 Å². The lowest BCUT2D eigenvalue weighted by molar-refractivity contribution is -0.0682. The van der Waals surface area contributed by atoms with Gasteiger partial charge in [0.05, 0.1) is 7.11 Å². The van der Waals surface area contributed by atoms with Gasteiger partial charge in [-0.3, -0.25) is 0 Å². The molecule has 0 N–H and O–H groups in total. The van der Waals surface area contributed by atoms with Gasteiger partial charge in [0.1, 0.15) is 11.9 Å². The second-order valence-corrected chi connectivity index (χ2v) is 2.44. The number of methoxy groups -OCH3 is 2. The normalized spacial score (nSPS) is 26.7. The first-order valence-corrected chi connectivity index (χ1v) is 3.46. The molecule has 1 unspecified atom stereocenters. The monoisotopic (exact) mass is 176 g/mol. The predicted molar refractivity (Wildman–Crippen MR) is 40.0 cm³/mol. The van der Waals surface area contributed by atoms with Gasteiger partial charge in [-0.2, -0.15) is 8.78 Å². The van der Waals surface area contributed by atoms with E-state index in [2.05, 4.69) is 4.74 Å². The lowest BCUT2D eigenvalue weighted by atomic mass is 10.1. The molecular formula is C8H10F2O2. The third-order valence-electron chi connectivity index (χ3n) is 1.65. The van der Waals surface area contributed by atoms with E-state index in [1.165, 1.54) is 26.4 Å². The van der Waals surface area contributed by atoms with Gasteiger partial charge in [0.2, 0.25) is 0 Å². The van der Waals surface area contributed by atoms with Crippen molar-refractivity contribution >= 4 is 0 Å². The predicted octanol–water partition coefficient (Wildman–Crippen LogP) is 1.74. The average molecular weight is 176 g/mol. The van der Waals surface area contributed by atoms with Crippen LogP contribution in [0.3, 0.4) is 0 Å². The van der Waals surface area contributed by atoms with Crippen LogP contribution in [0.15, 0.2) is 24.0 Å². The van der Waals surface area contributed by atoms with Crippen molar-refractivity contribution in [2.75, 3.05) is 14.2 Å². The van der Waals surface area contributed by atoms with Crippen LogP contribution in [-0.2, 0) is 9.47 Å². The van der Waals surface area contributed by atoms with Crippen LogP contribution in [0.2, 0.25) is 0 Å². The quantitative estimate of drug-likeness (QED) is 0.638. The number of ether oxygens (including phenoxy) is 2. The first kappa shape index (κ1) is 9.19. The van der Waals surface area contributed by atoms with Crippen molar-refractivity contribution in [3.8, 4) is 0 Å². The topological polar surface area (TPSA) is 18.5 Å². The largest absolute Gasteiger partial charge is 0.497 e. The van der Waals surface area contributed by atoms with E-state index in [0.717, 1.165) is 6.08 Å². The standard InChI is InChI=1S/C8H10F2O2/c1-11-6-3-4-8(9,10)7(5-6)12-2/h3-5,7H,1-2H3. The zero-order valence-corrected chi connectivity index (χ0v) is 6.88. The van der Waals surface area contributed by atoms with Crippen molar-refractivity contribution in [1.82, 2.24) is 0 Å². The van der Waals surface area contributed by atoms with E-state index in [-0.39, 0.29) is 0 Å². The molecule has 1 atom stereocenters. The number of hydrogen-bond donors (Lipinski definition) is 0. The number of alkyl halides is 2. The Bertz CT molecular complexity index is 221. The average Bonchev–Trinajstić information content (AvgIpc) is 2.04. The van der Waals surface area contributed by atoms with Gasteiger partial charge in [0, 0.05) is 7.11 Å². The van der Waals surface area contributed by atoms with E-state index in [4.69, 9.17) is 4.74 Å². The van der Waals surface area contributed by atoms with Crippen molar-refractivity contribution in [2.45, 2.75) is 12.0 Å². The zero-order chi connectivity index (χ0) is 9.19. The first-order valence-electron chi connectivity index (χ1n) is 3.46. The molecule has 2 nitrogen and oxygen atoms in total. The van der Waals surface area contributed by atoms with E-state index in [1.54, 1.807) is 0 Å². The molecule has 0 aromatic heterocycles. The fraction of sp³-hybridized carbons (Fsp3) is 0.500. The Labute approximate surface area is 69.5 Å². The number of halogens is 2. The van der Waals surface area contributed by atoms with Crippen LogP contribution in [0.5, 0.6) is 0 Å². The van der Waals surface area contributed by atoms with Crippen LogP contribution in [0, 0.1) is 0 Å². The Balaban J connectivity index is 2.82. The van der Waals surface area contributed by atoms with Gasteiger partial charge in [0.25, 0.3) is 5.92 Å².